The van der Waals surface area contributed by atoms with Gasteiger partial charge >= 0.3 is 0 Å². The Labute approximate surface area is 267 Å². The van der Waals surface area contributed by atoms with E-state index < -0.39 is 5.60 Å². The Hall–Kier alpha value is -2.45. The van der Waals surface area contributed by atoms with Crippen molar-refractivity contribution in [2.75, 3.05) is 42.6 Å². The molecule has 0 radical (unpaired) electrons. The fraction of sp³-hybridized carbons (Fsp3) is 0.750. The van der Waals surface area contributed by atoms with Crippen molar-refractivity contribution in [1.29, 1.82) is 0 Å². The Bertz CT molecular complexity index is 1040. The van der Waals surface area contributed by atoms with Crippen molar-refractivity contribution in [1.82, 2.24) is 5.32 Å². The molecule has 1 unspecified atom stereocenters. The van der Waals surface area contributed by atoms with Crippen molar-refractivity contribution < 1.29 is 23.9 Å². The van der Waals surface area contributed by atoms with Crippen molar-refractivity contribution in [3.8, 4) is 5.75 Å². The monoisotopic (exact) mass is 615 g/mol. The summed E-state index contributed by atoms with van der Waals surface area (Å²) in [5, 5.41) is 3.41. The summed E-state index contributed by atoms with van der Waals surface area (Å²) >= 11 is 0. The topological polar surface area (TPSA) is 88.2 Å². The maximum absolute atomic E-state index is 13.5. The second-order valence-corrected chi connectivity index (χ2v) is 13.7. The number of ether oxygens (including phenoxy) is 2. The summed E-state index contributed by atoms with van der Waals surface area (Å²) in [6.45, 7) is 22.4. The predicted octanol–water partition coefficient (Wildman–Crippen LogP) is 7.03. The molecule has 1 aromatic carbocycles. The van der Waals surface area contributed by atoms with E-state index in [1.54, 1.807) is 0 Å². The molecule has 3 atom stereocenters. The quantitative estimate of drug-likeness (QED) is 0.201. The van der Waals surface area contributed by atoms with Gasteiger partial charge in [-0.3, -0.25) is 9.59 Å². The maximum atomic E-state index is 13.5. The molecular weight excluding hydrogens is 554 g/mol. The van der Waals surface area contributed by atoms with Gasteiger partial charge in [0.15, 0.2) is 5.60 Å². The molecule has 2 aliphatic heterocycles. The minimum absolute atomic E-state index is 0.0112. The van der Waals surface area contributed by atoms with Crippen LogP contribution in [0.5, 0.6) is 5.75 Å². The van der Waals surface area contributed by atoms with E-state index in [0.29, 0.717) is 12.5 Å². The Kier molecular flexibility index (Phi) is 15.9. The molecule has 2 amide bonds. The second-order valence-electron chi connectivity index (χ2n) is 13.7. The van der Waals surface area contributed by atoms with Gasteiger partial charge in [0.25, 0.3) is 5.91 Å². The number of nitrogens with one attached hydrogen (secondary N) is 1. The van der Waals surface area contributed by atoms with Gasteiger partial charge in [0.1, 0.15) is 12.0 Å². The number of hydrogen-bond acceptors (Lipinski definition) is 6. The van der Waals surface area contributed by atoms with Gasteiger partial charge in [0.2, 0.25) is 5.91 Å². The first-order chi connectivity index (χ1) is 20.9. The average Bonchev–Trinajstić information content (AvgIpc) is 3.80. The first-order valence-corrected chi connectivity index (χ1v) is 17.1. The Balaban J connectivity index is 0.000000439. The highest BCUT2D eigenvalue weighted by atomic mass is 16.5. The normalized spacial score (nSPS) is 21.1. The van der Waals surface area contributed by atoms with Crippen LogP contribution in [0.25, 0.3) is 0 Å². The number of rotatable bonds is 12. The Morgan fingerprint density at radius 1 is 1.18 bits per heavy atom. The van der Waals surface area contributed by atoms with Crippen LogP contribution in [0, 0.1) is 23.7 Å². The number of hydrogen-bond donors (Lipinski definition) is 1. The van der Waals surface area contributed by atoms with Crippen LogP contribution in [0.15, 0.2) is 18.2 Å². The summed E-state index contributed by atoms with van der Waals surface area (Å²) in [6.07, 6.45) is 8.19. The lowest BCUT2D eigenvalue weighted by molar-refractivity contribution is -0.132. The predicted molar refractivity (Wildman–Crippen MR) is 181 cm³/mol. The average molecular weight is 616 g/mol. The first kappa shape index (κ1) is 37.7. The van der Waals surface area contributed by atoms with Gasteiger partial charge in [0, 0.05) is 38.0 Å². The molecule has 0 aromatic heterocycles. The highest BCUT2D eigenvalue weighted by Crippen LogP contribution is 2.43. The zero-order valence-electron chi connectivity index (χ0n) is 29.1. The molecule has 1 saturated carbocycles. The van der Waals surface area contributed by atoms with E-state index in [2.05, 4.69) is 39.9 Å². The highest BCUT2D eigenvalue weighted by Gasteiger charge is 2.42. The lowest BCUT2D eigenvalue weighted by atomic mass is 9.90. The van der Waals surface area contributed by atoms with Gasteiger partial charge in [-0.2, -0.15) is 0 Å². The minimum Gasteiger partial charge on any atom is -0.476 e. The van der Waals surface area contributed by atoms with E-state index >= 15 is 0 Å². The van der Waals surface area contributed by atoms with E-state index in [4.69, 9.17) is 14.3 Å². The fourth-order valence-electron chi connectivity index (χ4n) is 6.03. The molecule has 2 heterocycles. The van der Waals surface area contributed by atoms with Gasteiger partial charge in [-0.25, -0.2) is 0 Å². The third-order valence-electron chi connectivity index (χ3n) is 8.17. The zero-order valence-corrected chi connectivity index (χ0v) is 29.1. The van der Waals surface area contributed by atoms with Crippen LogP contribution >= 0.6 is 0 Å². The van der Waals surface area contributed by atoms with Crippen LogP contribution in [0.3, 0.4) is 0 Å². The molecule has 1 N–H and O–H groups in total. The molecule has 0 bridgehead atoms. The Morgan fingerprint density at radius 2 is 1.86 bits per heavy atom. The number of amides is 2. The molecule has 1 saturated heterocycles. The second kappa shape index (κ2) is 18.5. The summed E-state index contributed by atoms with van der Waals surface area (Å²) in [5.41, 5.74) is 0.809. The van der Waals surface area contributed by atoms with E-state index in [0.717, 1.165) is 100 Å². The highest BCUT2D eigenvalue weighted by molar-refractivity contribution is 6.04. The summed E-state index contributed by atoms with van der Waals surface area (Å²) in [4.78, 5) is 39.4. The van der Waals surface area contributed by atoms with Crippen LogP contribution in [0.1, 0.15) is 107 Å². The number of carbonyl (C=O) groups is 3. The molecule has 44 heavy (non-hydrogen) atoms. The molecule has 1 aliphatic carbocycles. The lowest BCUT2D eigenvalue weighted by Gasteiger charge is -2.40. The standard InChI is InChI=1S/C25H37N3O3.C9H20O.C2H4O/c1-5-6-7-12-27-21-14-20(10-11-22(21)31-25(3,4)24(27)30)28(19-8-9-19)23(29)18-13-17(2)15-26-16-18;1-5-10-7-9(4)6-8(2)3;1-2-3/h10-11,14,17-19,26H,5-9,12-13,15-16H2,1-4H3;8-9H,5-7H2,1-4H3;2H,1H3/t17-,18+;;/m0../s1. The van der Waals surface area contributed by atoms with Crippen LogP contribution < -0.4 is 19.9 Å². The van der Waals surface area contributed by atoms with Gasteiger partial charge in [-0.1, -0.05) is 47.5 Å². The smallest absolute Gasteiger partial charge is 0.270 e. The summed E-state index contributed by atoms with van der Waals surface area (Å²) in [6, 6.07) is 6.21. The van der Waals surface area contributed by atoms with Crippen LogP contribution in [-0.2, 0) is 19.1 Å². The molecule has 8 nitrogen and oxygen atoms in total. The summed E-state index contributed by atoms with van der Waals surface area (Å²) < 4.78 is 11.4. The van der Waals surface area contributed by atoms with Crippen molar-refractivity contribution in [3.63, 3.8) is 0 Å². The van der Waals surface area contributed by atoms with Crippen molar-refractivity contribution >= 4 is 29.5 Å². The number of fused-ring (bicyclic) bond motifs is 1. The molecule has 250 valence electrons. The van der Waals surface area contributed by atoms with Gasteiger partial charge in [-0.15, -0.1) is 0 Å². The zero-order chi connectivity index (χ0) is 32.9. The SMILES string of the molecule is CC=O.CCCCCN1C(=O)C(C)(C)Oc2ccc(N(C(=O)[C@H]3CNC[C@@H](C)C3)C3CC3)cc21.CCOCC(C)CC(C)C. The number of unbranched alkanes of at least 4 members (excludes halogenated alkanes) is 2. The molecule has 0 spiro atoms. The third kappa shape index (κ3) is 11.5. The number of nitrogens with zero attached hydrogens (tertiary/aromatic N) is 2. The Morgan fingerprint density at radius 3 is 2.43 bits per heavy atom. The van der Waals surface area contributed by atoms with E-state index in [9.17, 15) is 9.59 Å². The van der Waals surface area contributed by atoms with Crippen molar-refractivity contribution in [2.45, 2.75) is 119 Å². The molecular formula is C36H61N3O5. The molecule has 3 aliphatic rings. The van der Waals surface area contributed by atoms with Crippen LogP contribution in [0.2, 0.25) is 0 Å². The largest absolute Gasteiger partial charge is 0.476 e. The van der Waals surface area contributed by atoms with Crippen molar-refractivity contribution in [2.24, 2.45) is 23.7 Å². The fourth-order valence-corrected chi connectivity index (χ4v) is 6.03. The molecule has 1 aromatic rings. The van der Waals surface area contributed by atoms with Gasteiger partial charge < -0.3 is 29.4 Å². The minimum atomic E-state index is -0.878. The van der Waals surface area contributed by atoms with E-state index in [1.165, 1.54) is 13.3 Å². The molecule has 4 rings (SSSR count). The van der Waals surface area contributed by atoms with Gasteiger partial charge in [0.05, 0.1) is 11.6 Å². The van der Waals surface area contributed by atoms with Crippen LogP contribution in [-0.4, -0.2) is 62.6 Å². The number of benzene rings is 1. The number of piperidine rings is 1. The summed E-state index contributed by atoms with van der Waals surface area (Å²) in [7, 11) is 0. The van der Waals surface area contributed by atoms with Crippen LogP contribution in [0.4, 0.5) is 11.4 Å². The van der Waals surface area contributed by atoms with E-state index in [-0.39, 0.29) is 23.8 Å². The number of anilines is 2. The summed E-state index contributed by atoms with van der Waals surface area (Å²) in [5.74, 6) is 2.97. The number of aldehydes is 1. The molecule has 2 fully saturated rings. The van der Waals surface area contributed by atoms with Crippen molar-refractivity contribution in [3.05, 3.63) is 18.2 Å². The third-order valence-corrected chi connectivity index (χ3v) is 8.17. The molecule has 8 heteroatoms. The first-order valence-electron chi connectivity index (χ1n) is 17.1. The lowest BCUT2D eigenvalue weighted by Crippen LogP contribution is -2.53. The maximum Gasteiger partial charge on any atom is 0.270 e. The van der Waals surface area contributed by atoms with E-state index in [1.807, 2.05) is 48.8 Å². The number of carbonyl (C=O) groups excluding carboxylic acids is 3. The van der Waals surface area contributed by atoms with Gasteiger partial charge in [-0.05, 0) is 102 Å².